The molecular formula is C14H13NO3. The van der Waals surface area contributed by atoms with E-state index in [1.165, 1.54) is 19.1 Å². The van der Waals surface area contributed by atoms with Gasteiger partial charge in [-0.3, -0.25) is 4.79 Å². The van der Waals surface area contributed by atoms with E-state index in [0.29, 0.717) is 11.5 Å². The van der Waals surface area contributed by atoms with Crippen LogP contribution in [0.3, 0.4) is 0 Å². The van der Waals surface area contributed by atoms with Crippen LogP contribution in [0.5, 0.6) is 17.2 Å². The summed E-state index contributed by atoms with van der Waals surface area (Å²) in [7, 11) is 0. The highest BCUT2D eigenvalue weighted by atomic mass is 16.5. The van der Waals surface area contributed by atoms with Crippen LogP contribution in [0.1, 0.15) is 17.3 Å². The minimum Gasteiger partial charge on any atom is -0.505 e. The summed E-state index contributed by atoms with van der Waals surface area (Å²) in [6, 6.07) is 12.1. The molecular weight excluding hydrogens is 230 g/mol. The summed E-state index contributed by atoms with van der Waals surface area (Å²) in [5.41, 5.74) is 5.90. The van der Waals surface area contributed by atoms with Gasteiger partial charge in [-0.05, 0) is 25.1 Å². The fourth-order valence-corrected chi connectivity index (χ4v) is 1.58. The van der Waals surface area contributed by atoms with Gasteiger partial charge >= 0.3 is 0 Å². The van der Waals surface area contributed by atoms with Crippen molar-refractivity contribution < 1.29 is 14.6 Å². The maximum atomic E-state index is 11.4. The summed E-state index contributed by atoms with van der Waals surface area (Å²) < 4.78 is 5.56. The molecule has 0 aromatic heterocycles. The number of phenols is 1. The summed E-state index contributed by atoms with van der Waals surface area (Å²) in [6.45, 7) is 1.36. The molecule has 92 valence electrons. The topological polar surface area (TPSA) is 72.5 Å². The van der Waals surface area contributed by atoms with Crippen LogP contribution in [-0.2, 0) is 0 Å². The predicted molar refractivity (Wildman–Crippen MR) is 69.0 cm³/mol. The van der Waals surface area contributed by atoms with Crippen molar-refractivity contribution in [3.05, 3.63) is 48.0 Å². The van der Waals surface area contributed by atoms with Crippen LogP contribution in [0, 0.1) is 0 Å². The second kappa shape index (κ2) is 4.79. The minimum atomic E-state index is -0.266. The average Bonchev–Trinajstić information content (AvgIpc) is 2.34. The van der Waals surface area contributed by atoms with Crippen LogP contribution in [0.15, 0.2) is 42.5 Å². The number of carbonyl (C=O) groups excluding carboxylic acids is 1. The highest BCUT2D eigenvalue weighted by Crippen LogP contribution is 2.32. The van der Waals surface area contributed by atoms with Crippen molar-refractivity contribution in [2.75, 3.05) is 5.73 Å². The lowest BCUT2D eigenvalue weighted by atomic mass is 10.1. The zero-order valence-electron chi connectivity index (χ0n) is 9.88. The van der Waals surface area contributed by atoms with Crippen molar-refractivity contribution in [2.24, 2.45) is 0 Å². The van der Waals surface area contributed by atoms with Crippen LogP contribution in [0.25, 0.3) is 0 Å². The van der Waals surface area contributed by atoms with E-state index in [1.54, 1.807) is 12.1 Å². The smallest absolute Gasteiger partial charge is 0.163 e. The molecule has 18 heavy (non-hydrogen) atoms. The summed E-state index contributed by atoms with van der Waals surface area (Å²) in [5.74, 6) is 0.583. The van der Waals surface area contributed by atoms with E-state index in [4.69, 9.17) is 10.5 Å². The number of nitrogens with two attached hydrogens (primary N) is 1. The third-order valence-electron chi connectivity index (χ3n) is 2.47. The molecule has 0 unspecified atom stereocenters. The Morgan fingerprint density at radius 3 is 2.44 bits per heavy atom. The zero-order valence-corrected chi connectivity index (χ0v) is 9.88. The molecule has 0 aliphatic rings. The first-order valence-corrected chi connectivity index (χ1v) is 5.44. The van der Waals surface area contributed by atoms with Crippen LogP contribution < -0.4 is 10.5 Å². The van der Waals surface area contributed by atoms with E-state index in [9.17, 15) is 9.90 Å². The molecule has 0 bridgehead atoms. The van der Waals surface area contributed by atoms with E-state index in [0.717, 1.165) is 0 Å². The molecule has 3 N–H and O–H groups in total. The Labute approximate surface area is 105 Å². The number of para-hydroxylation sites is 1. The maximum Gasteiger partial charge on any atom is 0.163 e. The molecule has 0 aliphatic heterocycles. The predicted octanol–water partition coefficient (Wildman–Crippen LogP) is 2.97. The number of benzene rings is 2. The molecule has 0 spiro atoms. The van der Waals surface area contributed by atoms with Gasteiger partial charge in [0.25, 0.3) is 0 Å². The van der Waals surface area contributed by atoms with Crippen LogP contribution in [-0.4, -0.2) is 10.9 Å². The fourth-order valence-electron chi connectivity index (χ4n) is 1.58. The molecule has 0 atom stereocenters. The van der Waals surface area contributed by atoms with Crippen LogP contribution in [0.4, 0.5) is 5.69 Å². The van der Waals surface area contributed by atoms with Crippen LogP contribution in [0.2, 0.25) is 0 Å². The Bertz CT molecular complexity index is 579. The van der Waals surface area contributed by atoms with Gasteiger partial charge in [0.1, 0.15) is 17.2 Å². The lowest BCUT2D eigenvalue weighted by Gasteiger charge is -2.10. The molecule has 2 rings (SSSR count). The van der Waals surface area contributed by atoms with Gasteiger partial charge in [0.05, 0.1) is 11.3 Å². The number of rotatable bonds is 3. The molecule has 0 fully saturated rings. The first-order chi connectivity index (χ1) is 8.58. The largest absolute Gasteiger partial charge is 0.505 e. The Balaban J connectivity index is 2.38. The summed E-state index contributed by atoms with van der Waals surface area (Å²) in [4.78, 5) is 11.4. The first-order valence-electron chi connectivity index (χ1n) is 5.44. The average molecular weight is 243 g/mol. The van der Waals surface area contributed by atoms with E-state index >= 15 is 0 Å². The second-order valence-corrected chi connectivity index (χ2v) is 3.88. The number of anilines is 1. The molecule has 0 saturated carbocycles. The van der Waals surface area contributed by atoms with Crippen molar-refractivity contribution in [1.29, 1.82) is 0 Å². The first kappa shape index (κ1) is 12.0. The minimum absolute atomic E-state index is 0.119. The van der Waals surface area contributed by atoms with Crippen molar-refractivity contribution in [2.45, 2.75) is 6.92 Å². The third kappa shape index (κ3) is 2.43. The normalized spacial score (nSPS) is 10.1. The van der Waals surface area contributed by atoms with E-state index < -0.39 is 0 Å². The van der Waals surface area contributed by atoms with E-state index in [1.807, 2.05) is 18.2 Å². The number of carbonyl (C=O) groups is 1. The second-order valence-electron chi connectivity index (χ2n) is 3.88. The van der Waals surface area contributed by atoms with Gasteiger partial charge in [-0.15, -0.1) is 0 Å². The maximum absolute atomic E-state index is 11.4. The number of aromatic hydroxyl groups is 1. The molecule has 0 aliphatic carbocycles. The summed E-state index contributed by atoms with van der Waals surface area (Å²) >= 11 is 0. The third-order valence-corrected chi connectivity index (χ3v) is 2.47. The van der Waals surface area contributed by atoms with Gasteiger partial charge in [0.15, 0.2) is 5.78 Å². The molecule has 4 nitrogen and oxygen atoms in total. The molecule has 0 radical (unpaired) electrons. The van der Waals surface area contributed by atoms with Gasteiger partial charge in [0.2, 0.25) is 0 Å². The van der Waals surface area contributed by atoms with E-state index in [-0.39, 0.29) is 22.8 Å². The fraction of sp³-hybridized carbons (Fsp3) is 0.0714. The van der Waals surface area contributed by atoms with Crippen molar-refractivity contribution in [3.8, 4) is 17.2 Å². The van der Waals surface area contributed by atoms with Crippen molar-refractivity contribution >= 4 is 11.5 Å². The number of hydrogen-bond acceptors (Lipinski definition) is 4. The molecule has 0 heterocycles. The number of Topliss-reactive ketones (excluding diaryl/α,β-unsaturated/α-hetero) is 1. The molecule has 2 aromatic carbocycles. The Morgan fingerprint density at radius 1 is 1.17 bits per heavy atom. The SMILES string of the molecule is CC(=O)c1cc(Oc2ccccc2)cc(N)c1O. The number of ether oxygens (including phenoxy) is 1. The lowest BCUT2D eigenvalue weighted by Crippen LogP contribution is -1.98. The number of nitrogen functional groups attached to an aromatic ring is 1. The lowest BCUT2D eigenvalue weighted by molar-refractivity contribution is 0.101. The zero-order chi connectivity index (χ0) is 13.1. The van der Waals surface area contributed by atoms with Gasteiger partial charge in [-0.2, -0.15) is 0 Å². The Morgan fingerprint density at radius 2 is 1.83 bits per heavy atom. The van der Waals surface area contributed by atoms with Crippen molar-refractivity contribution in [3.63, 3.8) is 0 Å². The highest BCUT2D eigenvalue weighted by molar-refractivity contribution is 5.98. The van der Waals surface area contributed by atoms with Gasteiger partial charge in [-0.25, -0.2) is 0 Å². The number of ketones is 1. The molecule has 0 amide bonds. The van der Waals surface area contributed by atoms with E-state index in [2.05, 4.69) is 0 Å². The standard InChI is InChI=1S/C14H13NO3/c1-9(16)12-7-11(8-13(15)14(12)17)18-10-5-3-2-4-6-10/h2-8,17H,15H2,1H3. The quantitative estimate of drug-likeness (QED) is 0.494. The molecule has 0 saturated heterocycles. The molecule has 4 heteroatoms. The molecule has 2 aromatic rings. The number of phenolic OH excluding ortho intramolecular Hbond substituents is 1. The Kier molecular flexibility index (Phi) is 3.19. The summed E-state index contributed by atoms with van der Waals surface area (Å²) in [6.07, 6.45) is 0. The number of hydrogen-bond donors (Lipinski definition) is 2. The van der Waals surface area contributed by atoms with Gasteiger partial charge in [-0.1, -0.05) is 18.2 Å². The summed E-state index contributed by atoms with van der Waals surface area (Å²) in [5, 5.41) is 9.66. The highest BCUT2D eigenvalue weighted by Gasteiger charge is 2.12. The Hall–Kier alpha value is -2.49. The monoisotopic (exact) mass is 243 g/mol. The van der Waals surface area contributed by atoms with Crippen LogP contribution >= 0.6 is 0 Å². The van der Waals surface area contributed by atoms with Gasteiger partial charge < -0.3 is 15.6 Å². The van der Waals surface area contributed by atoms with Gasteiger partial charge in [0, 0.05) is 6.07 Å². The van der Waals surface area contributed by atoms with Crippen molar-refractivity contribution in [1.82, 2.24) is 0 Å².